The summed E-state index contributed by atoms with van der Waals surface area (Å²) in [6.45, 7) is -0.492. The number of aromatic hydroxyl groups is 2. The van der Waals surface area contributed by atoms with Crippen LogP contribution in [-0.2, 0) is 4.74 Å². The van der Waals surface area contributed by atoms with Gasteiger partial charge in [-0.3, -0.25) is 0 Å². The molecule has 0 spiro atoms. The zero-order valence-corrected chi connectivity index (χ0v) is 17.9. The molecule has 4 atom stereocenters. The summed E-state index contributed by atoms with van der Waals surface area (Å²) in [7, 11) is 5.69. The Labute approximate surface area is 180 Å². The van der Waals surface area contributed by atoms with Gasteiger partial charge >= 0.3 is 0 Å². The Morgan fingerprint density at radius 3 is 1.16 bits per heavy atom. The lowest BCUT2D eigenvalue weighted by atomic mass is 9.83. The molecule has 1 aliphatic rings. The van der Waals surface area contributed by atoms with Crippen LogP contribution in [0.3, 0.4) is 0 Å². The second-order valence-electron chi connectivity index (χ2n) is 7.22. The van der Waals surface area contributed by atoms with Gasteiger partial charge in [0.1, 0.15) is 0 Å². The molecule has 2 aromatic rings. The van der Waals surface area contributed by atoms with Crippen LogP contribution in [0.25, 0.3) is 0 Å². The first-order valence-electron chi connectivity index (χ1n) is 9.70. The van der Waals surface area contributed by atoms with Gasteiger partial charge in [-0.05, 0) is 35.4 Å². The first-order chi connectivity index (χ1) is 14.9. The van der Waals surface area contributed by atoms with Crippen molar-refractivity contribution in [3.8, 4) is 34.5 Å². The number of hydrogen-bond acceptors (Lipinski definition) is 9. The fraction of sp³-hybridized carbons (Fsp3) is 0.455. The molecule has 1 aliphatic heterocycles. The zero-order valence-electron chi connectivity index (χ0n) is 17.9. The highest BCUT2D eigenvalue weighted by Gasteiger charge is 2.46. The maximum atomic E-state index is 10.2. The number of ether oxygens (including phenoxy) is 5. The van der Waals surface area contributed by atoms with E-state index in [2.05, 4.69) is 0 Å². The molecule has 4 N–H and O–H groups in total. The third kappa shape index (κ3) is 4.04. The Hall–Kier alpha value is -2.88. The maximum Gasteiger partial charge on any atom is 0.200 e. The van der Waals surface area contributed by atoms with Gasteiger partial charge in [0.15, 0.2) is 23.0 Å². The largest absolute Gasteiger partial charge is 0.502 e. The number of methoxy groups -OCH3 is 4. The van der Waals surface area contributed by atoms with Gasteiger partial charge in [-0.15, -0.1) is 0 Å². The lowest BCUT2D eigenvalue weighted by Gasteiger charge is -2.22. The molecule has 31 heavy (non-hydrogen) atoms. The van der Waals surface area contributed by atoms with Crippen molar-refractivity contribution >= 4 is 0 Å². The zero-order chi connectivity index (χ0) is 22.7. The lowest BCUT2D eigenvalue weighted by Crippen LogP contribution is -2.23. The summed E-state index contributed by atoms with van der Waals surface area (Å²) in [5.41, 5.74) is 1.23. The first kappa shape index (κ1) is 22.8. The van der Waals surface area contributed by atoms with Crippen molar-refractivity contribution in [2.75, 3.05) is 41.7 Å². The van der Waals surface area contributed by atoms with Gasteiger partial charge in [-0.25, -0.2) is 0 Å². The average Bonchev–Trinajstić information content (AvgIpc) is 3.18. The lowest BCUT2D eigenvalue weighted by molar-refractivity contribution is 0.0180. The summed E-state index contributed by atoms with van der Waals surface area (Å²) in [6.07, 6.45) is -1.25. The van der Waals surface area contributed by atoms with Crippen LogP contribution in [0.15, 0.2) is 24.3 Å². The number of hydrogen-bond donors (Lipinski definition) is 4. The Kier molecular flexibility index (Phi) is 6.99. The fourth-order valence-corrected chi connectivity index (χ4v) is 4.08. The monoisotopic (exact) mass is 436 g/mol. The molecule has 4 unspecified atom stereocenters. The minimum atomic E-state index is -0.624. The highest BCUT2D eigenvalue weighted by Crippen LogP contribution is 2.52. The van der Waals surface area contributed by atoms with E-state index in [1.54, 1.807) is 24.3 Å². The molecule has 1 heterocycles. The highest BCUT2D eigenvalue weighted by molar-refractivity contribution is 5.55. The maximum absolute atomic E-state index is 10.2. The average molecular weight is 436 g/mol. The molecule has 1 fully saturated rings. The van der Waals surface area contributed by atoms with E-state index in [4.69, 9.17) is 23.7 Å². The van der Waals surface area contributed by atoms with Crippen LogP contribution in [0.2, 0.25) is 0 Å². The van der Waals surface area contributed by atoms with Gasteiger partial charge < -0.3 is 44.1 Å². The van der Waals surface area contributed by atoms with E-state index in [-0.39, 0.29) is 47.7 Å². The second kappa shape index (κ2) is 9.51. The smallest absolute Gasteiger partial charge is 0.200 e. The van der Waals surface area contributed by atoms with Crippen molar-refractivity contribution in [2.24, 2.45) is 11.8 Å². The van der Waals surface area contributed by atoms with E-state index in [9.17, 15) is 20.4 Å². The van der Waals surface area contributed by atoms with Crippen molar-refractivity contribution < 1.29 is 44.1 Å². The third-order valence-corrected chi connectivity index (χ3v) is 5.70. The summed E-state index contributed by atoms with van der Waals surface area (Å²) in [5.74, 6) is -0.401. The standard InChI is InChI=1S/C22H28O9/c1-27-15-5-11(6-16(28-2)19(15)25)21-13(9-23)14(10-24)22(31-21)12-7-17(29-3)20(26)18(8-12)30-4/h5-8,13-14,21-26H,9-10H2,1-4H3. The predicted molar refractivity (Wildman–Crippen MR) is 110 cm³/mol. The number of phenolic OH excluding ortho intramolecular Hbond substituents is 2. The molecular weight excluding hydrogens is 408 g/mol. The minimum absolute atomic E-state index is 0.143. The predicted octanol–water partition coefficient (Wildman–Crippen LogP) is 2.16. The van der Waals surface area contributed by atoms with E-state index in [0.29, 0.717) is 11.1 Å². The van der Waals surface area contributed by atoms with E-state index in [1.807, 2.05) is 0 Å². The normalized spacial score (nSPS) is 22.9. The quantitative estimate of drug-likeness (QED) is 0.492. The van der Waals surface area contributed by atoms with Gasteiger partial charge in [0.05, 0.1) is 40.6 Å². The van der Waals surface area contributed by atoms with Gasteiger partial charge in [0, 0.05) is 25.0 Å². The molecule has 0 bridgehead atoms. The number of aliphatic hydroxyl groups is 2. The molecule has 2 aromatic carbocycles. The van der Waals surface area contributed by atoms with Crippen LogP contribution in [0, 0.1) is 11.8 Å². The molecule has 170 valence electrons. The SMILES string of the molecule is COc1cc(C2OC(c3cc(OC)c(O)c(OC)c3)C(CO)C2CO)cc(OC)c1O. The van der Waals surface area contributed by atoms with Crippen LogP contribution < -0.4 is 18.9 Å². The molecular formula is C22H28O9. The molecule has 0 radical (unpaired) electrons. The Morgan fingerprint density at radius 2 is 0.935 bits per heavy atom. The number of benzene rings is 2. The Morgan fingerprint density at radius 1 is 0.645 bits per heavy atom. The molecule has 0 saturated carbocycles. The number of aliphatic hydroxyl groups excluding tert-OH is 2. The Bertz CT molecular complexity index is 790. The van der Waals surface area contributed by atoms with Gasteiger partial charge in [-0.2, -0.15) is 0 Å². The van der Waals surface area contributed by atoms with E-state index < -0.39 is 24.0 Å². The van der Waals surface area contributed by atoms with Crippen molar-refractivity contribution in [3.63, 3.8) is 0 Å². The van der Waals surface area contributed by atoms with Crippen LogP contribution in [0.4, 0.5) is 0 Å². The van der Waals surface area contributed by atoms with Crippen molar-refractivity contribution in [1.82, 2.24) is 0 Å². The summed E-state index contributed by atoms with van der Waals surface area (Å²) in [5, 5.41) is 40.7. The van der Waals surface area contributed by atoms with E-state index >= 15 is 0 Å². The van der Waals surface area contributed by atoms with Crippen molar-refractivity contribution in [3.05, 3.63) is 35.4 Å². The summed E-state index contributed by atoms with van der Waals surface area (Å²) in [4.78, 5) is 0. The Balaban J connectivity index is 2.07. The van der Waals surface area contributed by atoms with Crippen molar-refractivity contribution in [1.29, 1.82) is 0 Å². The van der Waals surface area contributed by atoms with Crippen LogP contribution >= 0.6 is 0 Å². The summed E-state index contributed by atoms with van der Waals surface area (Å²) < 4.78 is 27.3. The van der Waals surface area contributed by atoms with Gasteiger partial charge in [0.2, 0.25) is 11.5 Å². The van der Waals surface area contributed by atoms with Crippen LogP contribution in [0.1, 0.15) is 23.3 Å². The highest BCUT2D eigenvalue weighted by atomic mass is 16.5. The molecule has 3 rings (SSSR count). The molecule has 1 saturated heterocycles. The van der Waals surface area contributed by atoms with Gasteiger partial charge in [0.25, 0.3) is 0 Å². The van der Waals surface area contributed by atoms with Crippen LogP contribution in [-0.4, -0.2) is 62.1 Å². The molecule has 0 aliphatic carbocycles. The van der Waals surface area contributed by atoms with Gasteiger partial charge in [-0.1, -0.05) is 0 Å². The summed E-state index contributed by atoms with van der Waals surface area (Å²) in [6, 6.07) is 6.44. The third-order valence-electron chi connectivity index (χ3n) is 5.70. The minimum Gasteiger partial charge on any atom is -0.502 e. The fourth-order valence-electron chi connectivity index (χ4n) is 4.08. The second-order valence-corrected chi connectivity index (χ2v) is 7.22. The topological polar surface area (TPSA) is 127 Å². The molecule has 9 nitrogen and oxygen atoms in total. The molecule has 9 heteroatoms. The summed E-state index contributed by atoms with van der Waals surface area (Å²) >= 11 is 0. The van der Waals surface area contributed by atoms with Crippen molar-refractivity contribution in [2.45, 2.75) is 12.2 Å². The number of phenols is 2. The molecule has 0 amide bonds. The number of rotatable bonds is 8. The molecule has 0 aromatic heterocycles. The van der Waals surface area contributed by atoms with E-state index in [0.717, 1.165) is 0 Å². The first-order valence-corrected chi connectivity index (χ1v) is 9.70. The van der Waals surface area contributed by atoms with E-state index in [1.165, 1.54) is 28.4 Å². The van der Waals surface area contributed by atoms with Crippen LogP contribution in [0.5, 0.6) is 34.5 Å².